The first-order valence-electron chi connectivity index (χ1n) is 5.75. The zero-order chi connectivity index (χ0) is 12.3. The molecule has 1 atom stereocenters. The molecule has 1 aromatic carbocycles. The largest absolute Gasteiger partial charge is 0.469 e. The summed E-state index contributed by atoms with van der Waals surface area (Å²) in [5.41, 5.74) is 2.46. The molecule has 90 valence electrons. The molecule has 1 N–H and O–H groups in total. The molecule has 0 amide bonds. The molecule has 2 rings (SSSR count). The summed E-state index contributed by atoms with van der Waals surface area (Å²) in [4.78, 5) is 0. The Hall–Kier alpha value is -1.06. The molecule has 3 heteroatoms. The third-order valence-corrected chi connectivity index (χ3v) is 3.43. The van der Waals surface area contributed by atoms with Crippen LogP contribution in [0, 0.1) is 0 Å². The third-order valence-electron chi connectivity index (χ3n) is 2.90. The molecular formula is C14H16BrNO. The predicted octanol–water partition coefficient (Wildman–Crippen LogP) is 3.91. The maximum atomic E-state index is 5.49. The van der Waals surface area contributed by atoms with E-state index in [1.165, 1.54) is 11.1 Å². The van der Waals surface area contributed by atoms with E-state index in [-0.39, 0.29) is 6.04 Å². The second kappa shape index (κ2) is 5.52. The van der Waals surface area contributed by atoms with Gasteiger partial charge in [-0.05, 0) is 30.8 Å². The van der Waals surface area contributed by atoms with Crippen molar-refractivity contribution >= 4 is 15.9 Å². The zero-order valence-corrected chi connectivity index (χ0v) is 11.6. The van der Waals surface area contributed by atoms with Crippen molar-refractivity contribution in [2.75, 3.05) is 7.05 Å². The first-order chi connectivity index (χ1) is 8.26. The quantitative estimate of drug-likeness (QED) is 0.924. The van der Waals surface area contributed by atoms with Gasteiger partial charge >= 0.3 is 0 Å². The Morgan fingerprint density at radius 1 is 1.24 bits per heavy atom. The molecule has 1 aromatic heterocycles. The lowest BCUT2D eigenvalue weighted by atomic mass is 9.98. The lowest BCUT2D eigenvalue weighted by Crippen LogP contribution is -2.18. The topological polar surface area (TPSA) is 25.2 Å². The van der Waals surface area contributed by atoms with E-state index in [1.54, 1.807) is 6.26 Å². The zero-order valence-electron chi connectivity index (χ0n) is 10.0. The van der Waals surface area contributed by atoms with Crippen LogP contribution in [-0.4, -0.2) is 7.05 Å². The van der Waals surface area contributed by atoms with E-state index in [0.717, 1.165) is 16.7 Å². The Bertz CT molecular complexity index is 475. The van der Waals surface area contributed by atoms with Crippen molar-refractivity contribution in [1.29, 1.82) is 0 Å². The molecule has 0 fully saturated rings. The summed E-state index contributed by atoms with van der Waals surface area (Å²) in [5.74, 6) is 1.05. The fraction of sp³-hybridized carbons (Fsp3) is 0.286. The number of halogens is 1. The number of hydrogen-bond acceptors (Lipinski definition) is 2. The fourth-order valence-electron chi connectivity index (χ4n) is 2.05. The second-order valence-corrected chi connectivity index (χ2v) is 4.84. The van der Waals surface area contributed by atoms with Crippen LogP contribution in [0.25, 0.3) is 0 Å². The molecule has 0 aliphatic heterocycles. The Labute approximate surface area is 110 Å². The van der Waals surface area contributed by atoms with Crippen LogP contribution in [0.5, 0.6) is 0 Å². The van der Waals surface area contributed by atoms with E-state index < -0.39 is 0 Å². The summed E-state index contributed by atoms with van der Waals surface area (Å²) < 4.78 is 6.59. The van der Waals surface area contributed by atoms with Gasteiger partial charge in [-0.15, -0.1) is 0 Å². The van der Waals surface area contributed by atoms with Gasteiger partial charge < -0.3 is 9.73 Å². The number of hydrogen-bond donors (Lipinski definition) is 1. The molecule has 1 heterocycles. The molecule has 17 heavy (non-hydrogen) atoms. The van der Waals surface area contributed by atoms with Gasteiger partial charge in [0.05, 0.1) is 12.3 Å². The fourth-order valence-corrected chi connectivity index (χ4v) is 2.32. The van der Waals surface area contributed by atoms with E-state index in [4.69, 9.17) is 4.42 Å². The van der Waals surface area contributed by atoms with Gasteiger partial charge in [0.1, 0.15) is 5.76 Å². The molecule has 0 aliphatic carbocycles. The first kappa shape index (κ1) is 12.4. The second-order valence-electron chi connectivity index (χ2n) is 3.93. The minimum Gasteiger partial charge on any atom is -0.469 e. The van der Waals surface area contributed by atoms with Crippen LogP contribution in [0.1, 0.15) is 29.9 Å². The van der Waals surface area contributed by atoms with Crippen molar-refractivity contribution in [3.05, 3.63) is 58.0 Å². The van der Waals surface area contributed by atoms with Crippen molar-refractivity contribution in [1.82, 2.24) is 5.32 Å². The van der Waals surface area contributed by atoms with Gasteiger partial charge in [0, 0.05) is 16.5 Å². The van der Waals surface area contributed by atoms with Crippen LogP contribution in [0.15, 0.2) is 45.5 Å². The molecular weight excluding hydrogens is 278 g/mol. The van der Waals surface area contributed by atoms with Crippen LogP contribution in [-0.2, 0) is 6.42 Å². The lowest BCUT2D eigenvalue weighted by Gasteiger charge is -2.16. The van der Waals surface area contributed by atoms with Crippen molar-refractivity contribution in [3.63, 3.8) is 0 Å². The molecule has 2 nitrogen and oxygen atoms in total. The lowest BCUT2D eigenvalue weighted by molar-refractivity contribution is 0.505. The highest BCUT2D eigenvalue weighted by atomic mass is 79.9. The van der Waals surface area contributed by atoms with Gasteiger partial charge in [0.2, 0.25) is 0 Å². The van der Waals surface area contributed by atoms with Crippen LogP contribution in [0.2, 0.25) is 0 Å². The van der Waals surface area contributed by atoms with Gasteiger partial charge in [-0.1, -0.05) is 35.0 Å². The van der Waals surface area contributed by atoms with Gasteiger partial charge in [-0.3, -0.25) is 0 Å². The molecule has 1 unspecified atom stereocenters. The third kappa shape index (κ3) is 2.61. The summed E-state index contributed by atoms with van der Waals surface area (Å²) in [6.07, 6.45) is 2.68. The monoisotopic (exact) mass is 293 g/mol. The highest BCUT2D eigenvalue weighted by molar-refractivity contribution is 9.10. The molecule has 0 saturated carbocycles. The highest BCUT2D eigenvalue weighted by Gasteiger charge is 2.16. The first-order valence-corrected chi connectivity index (χ1v) is 6.54. The van der Waals surface area contributed by atoms with Gasteiger partial charge in [0.15, 0.2) is 0 Å². The van der Waals surface area contributed by atoms with Crippen molar-refractivity contribution in [3.8, 4) is 0 Å². The van der Waals surface area contributed by atoms with Gasteiger partial charge in [-0.2, -0.15) is 0 Å². The predicted molar refractivity (Wildman–Crippen MR) is 73.1 cm³/mol. The van der Waals surface area contributed by atoms with E-state index in [2.05, 4.69) is 52.4 Å². The Morgan fingerprint density at radius 2 is 1.94 bits per heavy atom. The number of aryl methyl sites for hydroxylation is 1. The molecule has 2 aromatic rings. The number of nitrogens with one attached hydrogen (secondary N) is 1. The van der Waals surface area contributed by atoms with Crippen molar-refractivity contribution < 1.29 is 4.42 Å². The molecule has 0 radical (unpaired) electrons. The maximum Gasteiger partial charge on any atom is 0.108 e. The van der Waals surface area contributed by atoms with Crippen molar-refractivity contribution in [2.45, 2.75) is 19.4 Å². The number of rotatable bonds is 4. The Kier molecular flexibility index (Phi) is 4.02. The number of benzene rings is 1. The van der Waals surface area contributed by atoms with E-state index in [0.29, 0.717) is 0 Å². The minimum atomic E-state index is 0.191. The average Bonchev–Trinajstić information content (AvgIpc) is 2.81. The maximum absolute atomic E-state index is 5.49. The average molecular weight is 294 g/mol. The van der Waals surface area contributed by atoms with Gasteiger partial charge in [-0.25, -0.2) is 0 Å². The van der Waals surface area contributed by atoms with E-state index >= 15 is 0 Å². The summed E-state index contributed by atoms with van der Waals surface area (Å²) in [6.45, 7) is 2.11. The van der Waals surface area contributed by atoms with E-state index in [9.17, 15) is 0 Å². The Balaban J connectivity index is 2.36. The highest BCUT2D eigenvalue weighted by Crippen LogP contribution is 2.27. The summed E-state index contributed by atoms with van der Waals surface area (Å²) >= 11 is 3.45. The summed E-state index contributed by atoms with van der Waals surface area (Å²) in [6, 6.07) is 10.6. The molecule has 0 bridgehead atoms. The SMILES string of the molecule is CCc1occc1C(NC)c1ccc(Br)cc1. The molecule has 0 saturated heterocycles. The number of furan rings is 1. The van der Waals surface area contributed by atoms with E-state index in [1.807, 2.05) is 13.1 Å². The van der Waals surface area contributed by atoms with Gasteiger partial charge in [0.25, 0.3) is 0 Å². The smallest absolute Gasteiger partial charge is 0.108 e. The van der Waals surface area contributed by atoms with Crippen LogP contribution in [0.4, 0.5) is 0 Å². The summed E-state index contributed by atoms with van der Waals surface area (Å²) in [5, 5.41) is 3.34. The normalized spacial score (nSPS) is 12.6. The van der Waals surface area contributed by atoms with Crippen LogP contribution < -0.4 is 5.32 Å². The van der Waals surface area contributed by atoms with Crippen LogP contribution in [0.3, 0.4) is 0 Å². The standard InChI is InChI=1S/C14H16BrNO/c1-3-13-12(8-9-17-13)14(16-2)10-4-6-11(15)7-5-10/h4-9,14,16H,3H2,1-2H3. The molecule has 0 spiro atoms. The minimum absolute atomic E-state index is 0.191. The van der Waals surface area contributed by atoms with Crippen LogP contribution >= 0.6 is 15.9 Å². The summed E-state index contributed by atoms with van der Waals surface area (Å²) in [7, 11) is 1.97. The Morgan fingerprint density at radius 3 is 2.53 bits per heavy atom. The molecule has 0 aliphatic rings. The van der Waals surface area contributed by atoms with Crippen molar-refractivity contribution in [2.24, 2.45) is 0 Å².